The zero-order valence-electron chi connectivity index (χ0n) is 25.3. The molecule has 0 aliphatic carbocycles. The fourth-order valence-electron chi connectivity index (χ4n) is 5.19. The summed E-state index contributed by atoms with van der Waals surface area (Å²) >= 11 is 12.2. The van der Waals surface area contributed by atoms with E-state index in [9.17, 15) is 15.2 Å². The quantitative estimate of drug-likeness (QED) is 0.0548. The molecule has 0 aliphatic heterocycles. The maximum atomic E-state index is 11.1. The largest absolute Gasteiger partial charge is 0.504 e. The Morgan fingerprint density at radius 1 is 0.721 bits per heavy atom. The normalized spacial score (nSPS) is 11.5. The van der Waals surface area contributed by atoms with Gasteiger partial charge in [0.25, 0.3) is 5.69 Å². The molecule has 0 aromatic heterocycles. The predicted molar refractivity (Wildman–Crippen MR) is 178 cm³/mol. The van der Waals surface area contributed by atoms with Crippen molar-refractivity contribution in [2.24, 2.45) is 10.2 Å². The van der Waals surface area contributed by atoms with Crippen molar-refractivity contribution in [2.45, 2.75) is 110 Å². The first-order valence-corrected chi connectivity index (χ1v) is 16.6. The third kappa shape index (κ3) is 11.6. The molecule has 0 spiro atoms. The lowest BCUT2D eigenvalue weighted by molar-refractivity contribution is -0.384. The summed E-state index contributed by atoms with van der Waals surface area (Å²) in [5.41, 5.74) is 0.372. The molecule has 3 aromatic carbocycles. The van der Waals surface area contributed by atoms with Crippen LogP contribution in [0.15, 0.2) is 52.7 Å². The van der Waals surface area contributed by atoms with Crippen LogP contribution in [-0.2, 0) is 0 Å². The highest BCUT2D eigenvalue weighted by molar-refractivity contribution is 6.36. The molecule has 1 N–H and O–H groups in total. The molecule has 43 heavy (non-hydrogen) atoms. The van der Waals surface area contributed by atoms with Gasteiger partial charge in [-0.2, -0.15) is 0 Å². The number of azo groups is 1. The number of phenolic OH excluding ortho intramolecular Hbond substituents is 1. The average molecular weight is 631 g/mol. The smallest absolute Gasteiger partial charge is 0.289 e. The first kappa shape index (κ1) is 34.6. The van der Waals surface area contributed by atoms with E-state index in [1.165, 1.54) is 96.0 Å². The lowest BCUT2D eigenvalue weighted by atomic mass is 10.0. The fraction of sp³-hybridized carbons (Fsp3) is 0.529. The standard InChI is InChI=1S/C34H45Cl2N3O4/c1-2-3-4-5-6-7-8-9-10-11-12-13-14-15-16-19-22-43-33-25-30(26-20-17-18-21-27(26)34(33)40)37-38-31-23-29(36)32(39(41)42)24-28(31)35/h17-18,20-21,23-25,40H,2-16,19,22H2,1H3. The fourth-order valence-corrected chi connectivity index (χ4v) is 5.61. The minimum atomic E-state index is -0.606. The van der Waals surface area contributed by atoms with Crippen LogP contribution in [0.3, 0.4) is 0 Å². The number of aromatic hydroxyl groups is 1. The Bertz CT molecular complexity index is 1330. The number of ether oxygens (including phenoxy) is 1. The molecule has 0 heterocycles. The van der Waals surface area contributed by atoms with Gasteiger partial charge < -0.3 is 9.84 Å². The Morgan fingerprint density at radius 3 is 1.79 bits per heavy atom. The van der Waals surface area contributed by atoms with E-state index in [2.05, 4.69) is 17.2 Å². The Morgan fingerprint density at radius 2 is 1.23 bits per heavy atom. The second kappa shape index (κ2) is 19.4. The van der Waals surface area contributed by atoms with Crippen molar-refractivity contribution in [1.82, 2.24) is 0 Å². The number of hydrogen-bond donors (Lipinski definition) is 1. The second-order valence-electron chi connectivity index (χ2n) is 11.2. The van der Waals surface area contributed by atoms with Crippen LogP contribution in [-0.4, -0.2) is 16.6 Å². The van der Waals surface area contributed by atoms with Gasteiger partial charge in [0.05, 0.1) is 22.2 Å². The van der Waals surface area contributed by atoms with Crippen LogP contribution < -0.4 is 4.74 Å². The van der Waals surface area contributed by atoms with E-state index < -0.39 is 4.92 Å². The summed E-state index contributed by atoms with van der Waals surface area (Å²) in [5.74, 6) is 0.392. The van der Waals surface area contributed by atoms with E-state index in [-0.39, 0.29) is 27.2 Å². The number of halogens is 2. The summed E-state index contributed by atoms with van der Waals surface area (Å²) in [7, 11) is 0. The second-order valence-corrected chi connectivity index (χ2v) is 12.0. The zero-order valence-corrected chi connectivity index (χ0v) is 26.8. The van der Waals surface area contributed by atoms with Crippen LogP contribution in [0, 0.1) is 10.1 Å². The van der Waals surface area contributed by atoms with Gasteiger partial charge >= 0.3 is 0 Å². The Hall–Kier alpha value is -2.90. The van der Waals surface area contributed by atoms with Crippen molar-refractivity contribution >= 4 is 51.0 Å². The van der Waals surface area contributed by atoms with Crippen molar-refractivity contribution in [3.8, 4) is 11.5 Å². The molecule has 0 unspecified atom stereocenters. The summed E-state index contributed by atoms with van der Waals surface area (Å²) in [6.45, 7) is 2.76. The van der Waals surface area contributed by atoms with Gasteiger partial charge in [-0.05, 0) is 12.5 Å². The van der Waals surface area contributed by atoms with E-state index in [4.69, 9.17) is 27.9 Å². The zero-order chi connectivity index (χ0) is 30.9. The molecule has 0 bridgehead atoms. The molecule has 7 nitrogen and oxygen atoms in total. The summed E-state index contributed by atoms with van der Waals surface area (Å²) in [4.78, 5) is 10.5. The van der Waals surface area contributed by atoms with Gasteiger partial charge in [-0.3, -0.25) is 10.1 Å². The average Bonchev–Trinajstić information content (AvgIpc) is 3.00. The number of nitrogens with zero attached hydrogens (tertiary/aromatic N) is 3. The van der Waals surface area contributed by atoms with Crippen LogP contribution >= 0.6 is 23.2 Å². The third-order valence-corrected chi connectivity index (χ3v) is 8.30. The molecule has 0 radical (unpaired) electrons. The van der Waals surface area contributed by atoms with Crippen LogP contribution in [0.4, 0.5) is 17.1 Å². The van der Waals surface area contributed by atoms with Crippen molar-refractivity contribution in [3.05, 3.63) is 62.6 Å². The highest BCUT2D eigenvalue weighted by Gasteiger charge is 2.17. The number of hydrogen-bond acceptors (Lipinski definition) is 6. The Kier molecular flexibility index (Phi) is 15.6. The summed E-state index contributed by atoms with van der Waals surface area (Å²) < 4.78 is 5.97. The van der Waals surface area contributed by atoms with Crippen LogP contribution in [0.5, 0.6) is 11.5 Å². The van der Waals surface area contributed by atoms with Gasteiger partial charge in [0.15, 0.2) is 11.5 Å². The monoisotopic (exact) mass is 629 g/mol. The van der Waals surface area contributed by atoms with E-state index in [1.807, 2.05) is 18.2 Å². The van der Waals surface area contributed by atoms with Crippen LogP contribution in [0.2, 0.25) is 10.0 Å². The number of rotatable bonds is 21. The highest BCUT2D eigenvalue weighted by atomic mass is 35.5. The first-order chi connectivity index (χ1) is 20.9. The number of unbranched alkanes of at least 4 members (excludes halogenated alkanes) is 15. The molecule has 9 heteroatoms. The van der Waals surface area contributed by atoms with E-state index in [0.29, 0.717) is 28.8 Å². The van der Waals surface area contributed by atoms with Crippen molar-refractivity contribution in [3.63, 3.8) is 0 Å². The number of fused-ring (bicyclic) bond motifs is 1. The first-order valence-electron chi connectivity index (χ1n) is 15.8. The Balaban J connectivity index is 1.41. The van der Waals surface area contributed by atoms with E-state index >= 15 is 0 Å². The third-order valence-electron chi connectivity index (χ3n) is 7.69. The van der Waals surface area contributed by atoms with E-state index in [0.717, 1.165) is 18.9 Å². The van der Waals surface area contributed by atoms with Gasteiger partial charge in [0, 0.05) is 22.9 Å². The molecular formula is C34H45Cl2N3O4. The molecule has 0 saturated heterocycles. The number of nitro benzene ring substituents is 1. The lowest BCUT2D eigenvalue weighted by Gasteiger charge is -2.12. The SMILES string of the molecule is CCCCCCCCCCCCCCCCCCOc1cc(N=Nc2cc(Cl)c([N+](=O)[O-])cc2Cl)c2ccccc2c1O. The summed E-state index contributed by atoms with van der Waals surface area (Å²) in [5, 5.41) is 31.7. The number of benzene rings is 3. The van der Waals surface area contributed by atoms with Gasteiger partial charge in [-0.25, -0.2) is 0 Å². The van der Waals surface area contributed by atoms with Crippen molar-refractivity contribution in [2.75, 3.05) is 6.61 Å². The molecule has 3 rings (SSSR count). The molecular weight excluding hydrogens is 585 g/mol. The predicted octanol–water partition coefficient (Wildman–Crippen LogP) is 12.8. The van der Waals surface area contributed by atoms with Gasteiger partial charge in [0.2, 0.25) is 0 Å². The van der Waals surface area contributed by atoms with Crippen LogP contribution in [0.1, 0.15) is 110 Å². The van der Waals surface area contributed by atoms with Crippen molar-refractivity contribution < 1.29 is 14.8 Å². The summed E-state index contributed by atoms with van der Waals surface area (Å²) in [6.07, 6.45) is 20.9. The summed E-state index contributed by atoms with van der Waals surface area (Å²) in [6, 6.07) is 11.4. The molecule has 0 aliphatic rings. The minimum Gasteiger partial charge on any atom is -0.504 e. The molecule has 0 amide bonds. The molecule has 0 fully saturated rings. The van der Waals surface area contributed by atoms with Gasteiger partial charge in [-0.15, -0.1) is 10.2 Å². The topological polar surface area (TPSA) is 97.3 Å². The number of nitro groups is 1. The number of phenols is 1. The molecule has 0 atom stereocenters. The molecule has 3 aromatic rings. The molecule has 234 valence electrons. The minimum absolute atomic E-state index is 0.0578. The Labute approximate surface area is 265 Å². The maximum absolute atomic E-state index is 11.1. The maximum Gasteiger partial charge on any atom is 0.289 e. The van der Waals surface area contributed by atoms with Gasteiger partial charge in [0.1, 0.15) is 10.7 Å². The highest BCUT2D eigenvalue weighted by Crippen LogP contribution is 2.42. The lowest BCUT2D eigenvalue weighted by Crippen LogP contribution is -1.98. The van der Waals surface area contributed by atoms with Crippen LogP contribution in [0.25, 0.3) is 10.8 Å². The van der Waals surface area contributed by atoms with Crippen molar-refractivity contribution in [1.29, 1.82) is 0 Å². The van der Waals surface area contributed by atoms with Gasteiger partial charge in [-0.1, -0.05) is 151 Å². The van der Waals surface area contributed by atoms with E-state index in [1.54, 1.807) is 12.1 Å². The molecule has 0 saturated carbocycles.